The van der Waals surface area contributed by atoms with Crippen molar-refractivity contribution in [1.82, 2.24) is 5.43 Å². The Morgan fingerprint density at radius 3 is 2.35 bits per heavy atom. The molecule has 31 heavy (non-hydrogen) atoms. The fourth-order valence-corrected chi connectivity index (χ4v) is 2.86. The third-order valence-electron chi connectivity index (χ3n) is 4.23. The molecule has 0 saturated carbocycles. The highest BCUT2D eigenvalue weighted by Gasteiger charge is 2.13. The molecule has 1 N–H and O–H groups in total. The molecule has 0 bridgehead atoms. The lowest BCUT2D eigenvalue weighted by atomic mass is 10.1. The Labute approximate surface area is 189 Å². The Hall–Kier alpha value is -3.45. The first-order valence-electron chi connectivity index (χ1n) is 9.55. The molecule has 1 atom stereocenters. The van der Waals surface area contributed by atoms with E-state index < -0.39 is 12.1 Å². The summed E-state index contributed by atoms with van der Waals surface area (Å²) in [6.45, 7) is 3.56. The molecular formula is C24H21BrN2O4. The Morgan fingerprint density at radius 2 is 1.68 bits per heavy atom. The predicted octanol–water partition coefficient (Wildman–Crippen LogP) is 4.89. The molecule has 3 aromatic rings. The number of hydrazone groups is 1. The molecule has 1 amide bonds. The van der Waals surface area contributed by atoms with Gasteiger partial charge in [-0.25, -0.2) is 10.2 Å². The van der Waals surface area contributed by atoms with Gasteiger partial charge in [-0.15, -0.1) is 0 Å². The molecule has 158 valence electrons. The van der Waals surface area contributed by atoms with Gasteiger partial charge in [0.05, 0.1) is 11.8 Å². The minimum Gasteiger partial charge on any atom is -0.481 e. The molecule has 0 heterocycles. The van der Waals surface area contributed by atoms with E-state index in [4.69, 9.17) is 9.47 Å². The summed E-state index contributed by atoms with van der Waals surface area (Å²) >= 11 is 3.35. The fraction of sp³-hybridized carbons (Fsp3) is 0.125. The number of amides is 1. The SMILES string of the molecule is Cc1cccc(C(=O)Oc2ccc(/C=N/NC(=O)C(C)Oc3ccc(Br)cc3)cc2)c1. The predicted molar refractivity (Wildman–Crippen MR) is 123 cm³/mol. The molecule has 3 rings (SSSR count). The lowest BCUT2D eigenvalue weighted by Crippen LogP contribution is -2.33. The molecule has 0 spiro atoms. The van der Waals surface area contributed by atoms with Crippen LogP contribution in [0.25, 0.3) is 0 Å². The molecule has 0 fully saturated rings. The van der Waals surface area contributed by atoms with Crippen molar-refractivity contribution in [3.05, 3.63) is 94.0 Å². The van der Waals surface area contributed by atoms with E-state index >= 15 is 0 Å². The van der Waals surface area contributed by atoms with E-state index in [0.29, 0.717) is 17.1 Å². The van der Waals surface area contributed by atoms with Crippen molar-refractivity contribution in [3.8, 4) is 11.5 Å². The number of aryl methyl sites for hydroxylation is 1. The van der Waals surface area contributed by atoms with E-state index in [2.05, 4.69) is 26.5 Å². The fourth-order valence-electron chi connectivity index (χ4n) is 2.59. The summed E-state index contributed by atoms with van der Waals surface area (Å²) in [6.07, 6.45) is 0.790. The number of esters is 1. The number of hydrogen-bond donors (Lipinski definition) is 1. The van der Waals surface area contributed by atoms with Crippen LogP contribution in [0.15, 0.2) is 82.4 Å². The minimum absolute atomic E-state index is 0.372. The Bertz CT molecular complexity index is 1080. The molecule has 0 aromatic heterocycles. The van der Waals surface area contributed by atoms with Crippen molar-refractivity contribution in [2.45, 2.75) is 20.0 Å². The highest BCUT2D eigenvalue weighted by Crippen LogP contribution is 2.17. The molecule has 0 saturated heterocycles. The van der Waals surface area contributed by atoms with Gasteiger partial charge in [0.25, 0.3) is 5.91 Å². The lowest BCUT2D eigenvalue weighted by Gasteiger charge is -2.12. The summed E-state index contributed by atoms with van der Waals surface area (Å²) in [6, 6.07) is 21.2. The Morgan fingerprint density at radius 1 is 1.00 bits per heavy atom. The molecular weight excluding hydrogens is 460 g/mol. The maximum absolute atomic E-state index is 12.2. The third kappa shape index (κ3) is 6.79. The van der Waals surface area contributed by atoms with Crippen molar-refractivity contribution in [2.75, 3.05) is 0 Å². The van der Waals surface area contributed by atoms with Crippen molar-refractivity contribution in [2.24, 2.45) is 5.10 Å². The zero-order valence-corrected chi connectivity index (χ0v) is 18.6. The van der Waals surface area contributed by atoms with Gasteiger partial charge in [0.15, 0.2) is 6.10 Å². The van der Waals surface area contributed by atoms with Crippen molar-refractivity contribution in [1.29, 1.82) is 0 Å². The van der Waals surface area contributed by atoms with E-state index in [0.717, 1.165) is 15.6 Å². The average Bonchev–Trinajstić information content (AvgIpc) is 2.76. The van der Waals surface area contributed by atoms with Crippen LogP contribution < -0.4 is 14.9 Å². The first kappa shape index (κ1) is 22.2. The Kier molecular flexibility index (Phi) is 7.56. The van der Waals surface area contributed by atoms with E-state index in [1.807, 2.05) is 31.2 Å². The van der Waals surface area contributed by atoms with Gasteiger partial charge in [-0.05, 0) is 80.1 Å². The number of ether oxygens (including phenoxy) is 2. The summed E-state index contributed by atoms with van der Waals surface area (Å²) in [4.78, 5) is 24.3. The van der Waals surface area contributed by atoms with Crippen LogP contribution in [0.3, 0.4) is 0 Å². The molecule has 0 aliphatic carbocycles. The summed E-state index contributed by atoms with van der Waals surface area (Å²) in [5.74, 6) is 0.217. The topological polar surface area (TPSA) is 77.0 Å². The van der Waals surface area contributed by atoms with E-state index in [-0.39, 0.29) is 5.91 Å². The number of halogens is 1. The number of carbonyl (C=O) groups excluding carboxylic acids is 2. The van der Waals surface area contributed by atoms with Crippen LogP contribution in [-0.2, 0) is 4.79 Å². The summed E-state index contributed by atoms with van der Waals surface area (Å²) in [5, 5.41) is 3.95. The maximum Gasteiger partial charge on any atom is 0.343 e. The zero-order valence-electron chi connectivity index (χ0n) is 17.0. The third-order valence-corrected chi connectivity index (χ3v) is 4.76. The average molecular weight is 481 g/mol. The number of nitrogens with one attached hydrogen (secondary N) is 1. The van der Waals surface area contributed by atoms with Crippen LogP contribution in [0, 0.1) is 6.92 Å². The van der Waals surface area contributed by atoms with Crippen molar-refractivity contribution in [3.63, 3.8) is 0 Å². The van der Waals surface area contributed by atoms with Gasteiger partial charge >= 0.3 is 5.97 Å². The van der Waals surface area contributed by atoms with Crippen LogP contribution in [0.4, 0.5) is 0 Å². The van der Waals surface area contributed by atoms with E-state index in [9.17, 15) is 9.59 Å². The first-order valence-corrected chi connectivity index (χ1v) is 10.3. The van der Waals surface area contributed by atoms with Gasteiger partial charge in [-0.3, -0.25) is 4.79 Å². The highest BCUT2D eigenvalue weighted by molar-refractivity contribution is 9.10. The number of rotatable bonds is 7. The van der Waals surface area contributed by atoms with Gasteiger partial charge in [-0.2, -0.15) is 5.10 Å². The number of hydrogen-bond acceptors (Lipinski definition) is 5. The molecule has 1 unspecified atom stereocenters. The molecule has 7 heteroatoms. The van der Waals surface area contributed by atoms with Gasteiger partial charge in [0.1, 0.15) is 11.5 Å². The second-order valence-corrected chi connectivity index (χ2v) is 7.69. The van der Waals surface area contributed by atoms with Crippen LogP contribution in [-0.4, -0.2) is 24.2 Å². The van der Waals surface area contributed by atoms with E-state index in [1.165, 1.54) is 6.21 Å². The van der Waals surface area contributed by atoms with Crippen LogP contribution in [0.2, 0.25) is 0 Å². The van der Waals surface area contributed by atoms with Crippen LogP contribution >= 0.6 is 15.9 Å². The quantitative estimate of drug-likeness (QED) is 0.226. The molecule has 3 aromatic carbocycles. The molecule has 0 aliphatic heterocycles. The maximum atomic E-state index is 12.2. The molecule has 0 aliphatic rings. The largest absolute Gasteiger partial charge is 0.481 e. The normalized spacial score (nSPS) is 11.7. The van der Waals surface area contributed by atoms with Crippen LogP contribution in [0.1, 0.15) is 28.4 Å². The molecule has 0 radical (unpaired) electrons. The second kappa shape index (κ2) is 10.5. The standard InChI is InChI=1S/C24H21BrN2O4/c1-16-4-3-5-19(14-16)24(29)31-22-10-6-18(7-11-22)15-26-27-23(28)17(2)30-21-12-8-20(25)9-13-21/h3-15,17H,1-2H3,(H,27,28)/b26-15+. The summed E-state index contributed by atoms with van der Waals surface area (Å²) in [5.41, 5.74) is 4.66. The van der Waals surface area contributed by atoms with E-state index in [1.54, 1.807) is 55.5 Å². The van der Waals surface area contributed by atoms with Gasteiger partial charge < -0.3 is 9.47 Å². The monoisotopic (exact) mass is 480 g/mol. The van der Waals surface area contributed by atoms with Crippen LogP contribution in [0.5, 0.6) is 11.5 Å². The second-order valence-electron chi connectivity index (χ2n) is 6.78. The lowest BCUT2D eigenvalue weighted by molar-refractivity contribution is -0.127. The van der Waals surface area contributed by atoms with Gasteiger partial charge in [-0.1, -0.05) is 33.6 Å². The smallest absolute Gasteiger partial charge is 0.343 e. The van der Waals surface area contributed by atoms with Gasteiger partial charge in [0, 0.05) is 4.47 Å². The molecule has 6 nitrogen and oxygen atoms in total. The first-order chi connectivity index (χ1) is 14.9. The minimum atomic E-state index is -0.707. The van der Waals surface area contributed by atoms with Gasteiger partial charge in [0.2, 0.25) is 0 Å². The Balaban J connectivity index is 1.50. The summed E-state index contributed by atoms with van der Waals surface area (Å²) < 4.78 is 11.9. The van der Waals surface area contributed by atoms with Crippen molar-refractivity contribution < 1.29 is 19.1 Å². The van der Waals surface area contributed by atoms with Crippen molar-refractivity contribution >= 4 is 34.0 Å². The number of nitrogens with zero attached hydrogens (tertiary/aromatic N) is 1. The highest BCUT2D eigenvalue weighted by atomic mass is 79.9. The summed E-state index contributed by atoms with van der Waals surface area (Å²) in [7, 11) is 0. The number of carbonyl (C=O) groups is 2. The number of benzene rings is 3. The zero-order chi connectivity index (χ0) is 22.2.